The third-order valence-electron chi connectivity index (χ3n) is 3.47. The lowest BCUT2D eigenvalue weighted by Gasteiger charge is -2.08. The molecule has 7 heteroatoms. The number of nitrogens with zero attached hydrogens (tertiary/aromatic N) is 3. The first-order chi connectivity index (χ1) is 10.2. The van der Waals surface area contributed by atoms with Crippen LogP contribution < -0.4 is 0 Å². The highest BCUT2D eigenvalue weighted by Gasteiger charge is 2.20. The molecule has 0 fully saturated rings. The molecule has 0 atom stereocenters. The molecule has 2 heterocycles. The largest absolute Gasteiger partial charge is 0.478 e. The van der Waals surface area contributed by atoms with E-state index in [4.69, 9.17) is 5.11 Å². The maximum absolute atomic E-state index is 13.7. The Labute approximate surface area is 125 Å². The average molecular weight is 307 g/mol. The van der Waals surface area contributed by atoms with Gasteiger partial charge in [-0.2, -0.15) is 0 Å². The Morgan fingerprint density at radius 1 is 1.29 bits per heavy atom. The Morgan fingerprint density at radius 2 is 2.14 bits per heavy atom. The second-order valence-electron chi connectivity index (χ2n) is 4.88. The van der Waals surface area contributed by atoms with Crippen LogP contribution in [0.5, 0.6) is 0 Å². The number of halogens is 1. The van der Waals surface area contributed by atoms with E-state index < -0.39 is 11.8 Å². The van der Waals surface area contributed by atoms with Crippen LogP contribution in [0, 0.1) is 5.82 Å². The minimum atomic E-state index is -1.27. The molecular formula is C14H14FN3O2S. The molecule has 2 aromatic rings. The van der Waals surface area contributed by atoms with Crippen molar-refractivity contribution in [3.8, 4) is 0 Å². The van der Waals surface area contributed by atoms with Gasteiger partial charge in [-0.1, -0.05) is 12.5 Å². The van der Waals surface area contributed by atoms with E-state index in [1.807, 2.05) is 4.57 Å². The number of aromatic nitrogens is 3. The smallest absolute Gasteiger partial charge is 0.339 e. The number of aromatic carboxylic acids is 1. The van der Waals surface area contributed by atoms with E-state index in [1.54, 1.807) is 6.07 Å². The van der Waals surface area contributed by atoms with E-state index in [1.165, 1.54) is 6.07 Å². The van der Waals surface area contributed by atoms with E-state index in [-0.39, 0.29) is 5.56 Å². The predicted molar refractivity (Wildman–Crippen MR) is 75.1 cm³/mol. The van der Waals surface area contributed by atoms with Crippen LogP contribution >= 0.6 is 11.8 Å². The van der Waals surface area contributed by atoms with Crippen LogP contribution in [0.2, 0.25) is 0 Å². The Balaban J connectivity index is 1.96. The van der Waals surface area contributed by atoms with Gasteiger partial charge in [0, 0.05) is 17.9 Å². The molecular weight excluding hydrogens is 293 g/mol. The first kappa shape index (κ1) is 14.1. The van der Waals surface area contributed by atoms with Gasteiger partial charge in [0.1, 0.15) is 17.2 Å². The third-order valence-corrected chi connectivity index (χ3v) is 4.51. The maximum Gasteiger partial charge on any atom is 0.339 e. The standard InChI is InChI=1S/C14H14FN3O2S/c15-9-5-4-6-10(12(9)13(19)20)21-14-17-16-11-7-2-1-3-8-18(11)14/h4-6H,1-3,7-8H2,(H,19,20). The predicted octanol–water partition coefficient (Wildman–Crippen LogP) is 2.99. The molecule has 1 aromatic heterocycles. The van der Waals surface area contributed by atoms with Gasteiger partial charge in [0.2, 0.25) is 0 Å². The summed E-state index contributed by atoms with van der Waals surface area (Å²) in [6.07, 6.45) is 4.16. The molecule has 3 rings (SSSR count). The van der Waals surface area contributed by atoms with E-state index in [0.29, 0.717) is 10.1 Å². The summed E-state index contributed by atoms with van der Waals surface area (Å²) in [6.45, 7) is 0.822. The Bertz CT molecular complexity index is 687. The SMILES string of the molecule is O=C(O)c1c(F)cccc1Sc1nnc2n1CCCCC2. The van der Waals surface area contributed by atoms with Gasteiger partial charge in [0.15, 0.2) is 5.16 Å². The Kier molecular flexibility index (Phi) is 3.92. The molecule has 21 heavy (non-hydrogen) atoms. The van der Waals surface area contributed by atoms with Crippen molar-refractivity contribution in [1.29, 1.82) is 0 Å². The van der Waals surface area contributed by atoms with E-state index in [2.05, 4.69) is 10.2 Å². The minimum absolute atomic E-state index is 0.312. The van der Waals surface area contributed by atoms with Gasteiger partial charge < -0.3 is 9.67 Å². The molecule has 1 aliphatic heterocycles. The lowest BCUT2D eigenvalue weighted by atomic mass is 10.2. The Morgan fingerprint density at radius 3 is 2.95 bits per heavy atom. The summed E-state index contributed by atoms with van der Waals surface area (Å²) in [5, 5.41) is 18.1. The molecule has 0 amide bonds. The quantitative estimate of drug-likeness (QED) is 0.944. The van der Waals surface area contributed by atoms with Crippen molar-refractivity contribution in [1.82, 2.24) is 14.8 Å². The van der Waals surface area contributed by atoms with Gasteiger partial charge in [-0.05, 0) is 36.7 Å². The van der Waals surface area contributed by atoms with Crippen LogP contribution in [0.4, 0.5) is 4.39 Å². The third kappa shape index (κ3) is 2.78. The molecule has 0 radical (unpaired) electrons. The fraction of sp³-hybridized carbons (Fsp3) is 0.357. The summed E-state index contributed by atoms with van der Waals surface area (Å²) < 4.78 is 15.7. The lowest BCUT2D eigenvalue weighted by Crippen LogP contribution is -2.05. The summed E-state index contributed by atoms with van der Waals surface area (Å²) in [6, 6.07) is 4.25. The zero-order chi connectivity index (χ0) is 14.8. The van der Waals surface area contributed by atoms with Crippen LogP contribution in [-0.2, 0) is 13.0 Å². The van der Waals surface area contributed by atoms with Gasteiger partial charge in [0.25, 0.3) is 0 Å². The topological polar surface area (TPSA) is 68.0 Å². The lowest BCUT2D eigenvalue weighted by molar-refractivity contribution is 0.0688. The Hall–Kier alpha value is -1.89. The summed E-state index contributed by atoms with van der Waals surface area (Å²) in [5.74, 6) is -1.09. The van der Waals surface area contributed by atoms with Crippen LogP contribution in [0.15, 0.2) is 28.3 Å². The van der Waals surface area contributed by atoms with Crippen molar-refractivity contribution < 1.29 is 14.3 Å². The molecule has 1 aromatic carbocycles. The number of carbonyl (C=O) groups is 1. The van der Waals surface area contributed by atoms with Crippen molar-refractivity contribution in [2.24, 2.45) is 0 Å². The number of carboxylic acids is 1. The molecule has 110 valence electrons. The van der Waals surface area contributed by atoms with Gasteiger partial charge in [0.05, 0.1) is 0 Å². The number of rotatable bonds is 3. The van der Waals surface area contributed by atoms with Gasteiger partial charge >= 0.3 is 5.97 Å². The van der Waals surface area contributed by atoms with Crippen LogP contribution in [0.1, 0.15) is 35.4 Å². The maximum atomic E-state index is 13.7. The summed E-state index contributed by atoms with van der Waals surface area (Å²) in [4.78, 5) is 11.6. The highest BCUT2D eigenvalue weighted by molar-refractivity contribution is 7.99. The molecule has 0 bridgehead atoms. The molecule has 0 unspecified atom stereocenters. The summed E-state index contributed by atoms with van der Waals surface area (Å²) >= 11 is 1.16. The van der Waals surface area contributed by atoms with Gasteiger partial charge in [-0.25, -0.2) is 9.18 Å². The zero-order valence-electron chi connectivity index (χ0n) is 11.3. The molecule has 0 saturated heterocycles. The van der Waals surface area contributed by atoms with E-state index >= 15 is 0 Å². The second-order valence-corrected chi connectivity index (χ2v) is 5.89. The van der Waals surface area contributed by atoms with Crippen molar-refractivity contribution in [3.63, 3.8) is 0 Å². The number of benzene rings is 1. The van der Waals surface area contributed by atoms with Crippen LogP contribution in [0.25, 0.3) is 0 Å². The monoisotopic (exact) mass is 307 g/mol. The fourth-order valence-corrected chi connectivity index (χ4v) is 3.45. The number of fused-ring (bicyclic) bond motifs is 1. The number of carboxylic acid groups (broad SMARTS) is 1. The van der Waals surface area contributed by atoms with E-state index in [0.717, 1.165) is 55.9 Å². The number of hydrogen-bond donors (Lipinski definition) is 1. The van der Waals surface area contributed by atoms with Crippen molar-refractivity contribution in [2.75, 3.05) is 0 Å². The summed E-state index contributed by atoms with van der Waals surface area (Å²) in [7, 11) is 0. The normalized spacial score (nSPS) is 14.5. The highest BCUT2D eigenvalue weighted by atomic mass is 32.2. The molecule has 1 aliphatic rings. The first-order valence-corrected chi connectivity index (χ1v) is 7.60. The van der Waals surface area contributed by atoms with Crippen molar-refractivity contribution in [3.05, 3.63) is 35.4 Å². The molecule has 5 nitrogen and oxygen atoms in total. The number of aryl methyl sites for hydroxylation is 1. The van der Waals surface area contributed by atoms with Gasteiger partial charge in [-0.15, -0.1) is 10.2 Å². The molecule has 0 spiro atoms. The number of hydrogen-bond acceptors (Lipinski definition) is 4. The van der Waals surface area contributed by atoms with Crippen LogP contribution in [-0.4, -0.2) is 25.8 Å². The minimum Gasteiger partial charge on any atom is -0.478 e. The van der Waals surface area contributed by atoms with Crippen molar-refractivity contribution >= 4 is 17.7 Å². The average Bonchev–Trinajstić information content (AvgIpc) is 2.68. The summed E-state index contributed by atoms with van der Waals surface area (Å²) in [5.41, 5.74) is -0.312. The molecule has 1 N–H and O–H groups in total. The van der Waals surface area contributed by atoms with Crippen LogP contribution in [0.3, 0.4) is 0 Å². The molecule has 0 saturated carbocycles. The highest BCUT2D eigenvalue weighted by Crippen LogP contribution is 2.32. The molecule has 0 aliphatic carbocycles. The van der Waals surface area contributed by atoms with Crippen molar-refractivity contribution in [2.45, 2.75) is 42.3 Å². The van der Waals surface area contributed by atoms with E-state index in [9.17, 15) is 9.18 Å². The van der Waals surface area contributed by atoms with Gasteiger partial charge in [-0.3, -0.25) is 0 Å². The zero-order valence-corrected chi connectivity index (χ0v) is 12.1. The fourth-order valence-electron chi connectivity index (χ4n) is 2.43. The second kappa shape index (κ2) is 5.85. The first-order valence-electron chi connectivity index (χ1n) is 6.78.